The number of H-pyrrole nitrogens is 1. The molecule has 2 aromatic rings. The van der Waals surface area contributed by atoms with Crippen molar-refractivity contribution in [3.05, 3.63) is 42.1 Å². The molecule has 1 aromatic heterocycles. The second-order valence-corrected chi connectivity index (χ2v) is 3.12. The van der Waals surface area contributed by atoms with Gasteiger partial charge in [-0.15, -0.1) is 5.10 Å². The van der Waals surface area contributed by atoms with Crippen molar-refractivity contribution >= 4 is 11.6 Å². The molecule has 0 aliphatic rings. The van der Waals surface area contributed by atoms with Crippen LogP contribution < -0.4 is 16.2 Å². The molecule has 96 valence electrons. The number of carbonyl (C=O) groups is 1. The van der Waals surface area contributed by atoms with Crippen LogP contribution >= 0.6 is 0 Å². The third kappa shape index (κ3) is 4.12. The molecule has 1 amide bonds. The van der Waals surface area contributed by atoms with E-state index < -0.39 is 12.8 Å². The predicted octanol–water partition coefficient (Wildman–Crippen LogP) is 1.08. The molecular formula is C11H13FN4O2. The maximum atomic E-state index is 11.3. The highest BCUT2D eigenvalue weighted by Gasteiger charge is 2.01. The Balaban J connectivity index is 0.000000184. The number of aromatic nitrogens is 2. The summed E-state index contributed by atoms with van der Waals surface area (Å²) in [7, 11) is 0. The fourth-order valence-electron chi connectivity index (χ4n) is 1.10. The van der Waals surface area contributed by atoms with E-state index in [1.165, 1.54) is 0 Å². The van der Waals surface area contributed by atoms with Gasteiger partial charge in [-0.3, -0.25) is 9.89 Å². The number of nitrogens with one attached hydrogen (secondary N) is 1. The number of hydrogen-bond acceptors (Lipinski definition) is 4. The fourth-order valence-corrected chi connectivity index (χ4v) is 1.10. The Morgan fingerprint density at radius 2 is 2.11 bits per heavy atom. The lowest BCUT2D eigenvalue weighted by molar-refractivity contribution is 0.100. The van der Waals surface area contributed by atoms with E-state index in [4.69, 9.17) is 11.5 Å². The van der Waals surface area contributed by atoms with Crippen molar-refractivity contribution in [2.45, 2.75) is 0 Å². The molecule has 0 atom stereocenters. The van der Waals surface area contributed by atoms with Crippen LogP contribution in [-0.2, 0) is 0 Å². The number of anilines is 1. The van der Waals surface area contributed by atoms with Gasteiger partial charge in [0.2, 0.25) is 12.7 Å². The number of para-hydroxylation sites is 1. The number of alkyl halides is 1. The molecule has 5 N–H and O–H groups in total. The number of nitrogens with two attached hydrogens (primary N) is 2. The van der Waals surface area contributed by atoms with E-state index in [1.807, 2.05) is 0 Å². The van der Waals surface area contributed by atoms with Crippen LogP contribution in [0, 0.1) is 0 Å². The van der Waals surface area contributed by atoms with E-state index in [1.54, 1.807) is 36.5 Å². The first-order valence-electron chi connectivity index (χ1n) is 4.98. The van der Waals surface area contributed by atoms with Gasteiger partial charge in [0.15, 0.2) is 0 Å². The van der Waals surface area contributed by atoms with Crippen molar-refractivity contribution in [1.82, 2.24) is 10.2 Å². The zero-order valence-corrected chi connectivity index (χ0v) is 9.47. The molecule has 0 fully saturated rings. The highest BCUT2D eigenvalue weighted by atomic mass is 19.1. The van der Waals surface area contributed by atoms with Crippen molar-refractivity contribution in [1.29, 1.82) is 0 Å². The quantitative estimate of drug-likeness (QED) is 0.710. The van der Waals surface area contributed by atoms with Gasteiger partial charge in [-0.1, -0.05) is 12.1 Å². The van der Waals surface area contributed by atoms with Gasteiger partial charge in [0, 0.05) is 18.0 Å². The summed E-state index contributed by atoms with van der Waals surface area (Å²) in [4.78, 5) is 10.6. The molecular weight excluding hydrogens is 239 g/mol. The Labute approximate surface area is 103 Å². The van der Waals surface area contributed by atoms with Gasteiger partial charge >= 0.3 is 0 Å². The average molecular weight is 252 g/mol. The van der Waals surface area contributed by atoms with Gasteiger partial charge in [-0.2, -0.15) is 0 Å². The molecule has 0 saturated carbocycles. The minimum atomic E-state index is -0.829. The van der Waals surface area contributed by atoms with Gasteiger partial charge in [0.1, 0.15) is 0 Å². The standard InChI is InChI=1S/C7H8N2O.C4H5FN2O/c8-6-4-2-1-3-5(6)7(9)10;5-3-8-4-1-2-6-7-4/h1-4H,8H2,(H2,9,10);1-2H,3H2,(H,6,7). The number of halogens is 1. The number of hydrogen-bond donors (Lipinski definition) is 3. The van der Waals surface area contributed by atoms with E-state index in [9.17, 15) is 9.18 Å². The molecule has 0 spiro atoms. The number of benzene rings is 1. The molecule has 6 nitrogen and oxygen atoms in total. The van der Waals surface area contributed by atoms with E-state index in [0.717, 1.165) is 0 Å². The summed E-state index contributed by atoms with van der Waals surface area (Å²) in [6.07, 6.45) is 1.56. The molecule has 2 rings (SSSR count). The minimum Gasteiger partial charge on any atom is -0.445 e. The first-order valence-corrected chi connectivity index (χ1v) is 4.98. The molecule has 0 bridgehead atoms. The molecule has 0 radical (unpaired) electrons. The molecule has 18 heavy (non-hydrogen) atoms. The van der Waals surface area contributed by atoms with Gasteiger partial charge in [-0.05, 0) is 12.1 Å². The number of nitrogens with zero attached hydrogens (tertiary/aromatic N) is 1. The number of carbonyl (C=O) groups excluding carboxylic acids is 1. The largest absolute Gasteiger partial charge is 0.445 e. The number of amides is 1. The summed E-state index contributed by atoms with van der Waals surface area (Å²) in [5.74, 6) is -0.203. The molecule has 0 aliphatic heterocycles. The number of aromatic amines is 1. The minimum absolute atomic E-state index is 0.285. The SMILES string of the molecule is FCOc1cc[nH]n1.NC(=O)c1ccccc1N. The second kappa shape index (κ2) is 6.89. The Hall–Kier alpha value is -2.57. The van der Waals surface area contributed by atoms with Crippen molar-refractivity contribution in [2.24, 2.45) is 5.73 Å². The van der Waals surface area contributed by atoms with Crippen LogP contribution in [0.5, 0.6) is 5.88 Å². The summed E-state index contributed by atoms with van der Waals surface area (Å²) in [5.41, 5.74) is 11.2. The topological polar surface area (TPSA) is 107 Å². The Kier molecular flexibility index (Phi) is 5.17. The predicted molar refractivity (Wildman–Crippen MR) is 64.6 cm³/mol. The molecule has 0 unspecified atom stereocenters. The average Bonchev–Trinajstić information content (AvgIpc) is 2.83. The van der Waals surface area contributed by atoms with Crippen LogP contribution in [0.1, 0.15) is 10.4 Å². The van der Waals surface area contributed by atoms with Crippen molar-refractivity contribution in [2.75, 3.05) is 12.6 Å². The van der Waals surface area contributed by atoms with Crippen LogP contribution in [0.15, 0.2) is 36.5 Å². The molecule has 0 saturated heterocycles. The third-order valence-electron chi connectivity index (χ3n) is 1.90. The van der Waals surface area contributed by atoms with Gasteiger partial charge < -0.3 is 16.2 Å². The first-order chi connectivity index (χ1) is 8.65. The number of primary amides is 1. The van der Waals surface area contributed by atoms with Crippen LogP contribution in [0.25, 0.3) is 0 Å². The summed E-state index contributed by atoms with van der Waals surface area (Å²) in [6, 6.07) is 8.25. The highest BCUT2D eigenvalue weighted by molar-refractivity contribution is 5.97. The lowest BCUT2D eigenvalue weighted by atomic mass is 10.2. The lowest BCUT2D eigenvalue weighted by Gasteiger charge is -1.97. The number of ether oxygens (including phenoxy) is 1. The lowest BCUT2D eigenvalue weighted by Crippen LogP contribution is -2.12. The summed E-state index contributed by atoms with van der Waals surface area (Å²) in [6.45, 7) is -0.829. The molecule has 1 heterocycles. The van der Waals surface area contributed by atoms with Crippen LogP contribution in [-0.4, -0.2) is 23.0 Å². The zero-order chi connectivity index (χ0) is 13.4. The Bertz CT molecular complexity index is 488. The maximum absolute atomic E-state index is 11.3. The first kappa shape index (κ1) is 13.5. The highest BCUT2D eigenvalue weighted by Crippen LogP contribution is 2.08. The maximum Gasteiger partial charge on any atom is 0.250 e. The van der Waals surface area contributed by atoms with Crippen molar-refractivity contribution in [3.8, 4) is 5.88 Å². The second-order valence-electron chi connectivity index (χ2n) is 3.12. The summed E-state index contributed by atoms with van der Waals surface area (Å²) < 4.78 is 15.6. The Morgan fingerprint density at radius 3 is 2.56 bits per heavy atom. The van der Waals surface area contributed by atoms with Crippen molar-refractivity contribution < 1.29 is 13.9 Å². The Morgan fingerprint density at radius 1 is 1.39 bits per heavy atom. The zero-order valence-electron chi connectivity index (χ0n) is 9.47. The van der Waals surface area contributed by atoms with Gasteiger partial charge in [-0.25, -0.2) is 4.39 Å². The van der Waals surface area contributed by atoms with Crippen molar-refractivity contribution in [3.63, 3.8) is 0 Å². The van der Waals surface area contributed by atoms with E-state index >= 15 is 0 Å². The molecule has 1 aromatic carbocycles. The smallest absolute Gasteiger partial charge is 0.250 e. The fraction of sp³-hybridized carbons (Fsp3) is 0.0909. The molecule has 7 heteroatoms. The summed E-state index contributed by atoms with van der Waals surface area (Å²) >= 11 is 0. The van der Waals surface area contributed by atoms with E-state index in [-0.39, 0.29) is 5.88 Å². The summed E-state index contributed by atoms with van der Waals surface area (Å²) in [5, 5.41) is 5.99. The van der Waals surface area contributed by atoms with Gasteiger partial charge in [0.25, 0.3) is 5.91 Å². The molecule has 0 aliphatic carbocycles. The number of rotatable bonds is 3. The van der Waals surface area contributed by atoms with Crippen LogP contribution in [0.4, 0.5) is 10.1 Å². The van der Waals surface area contributed by atoms with Crippen LogP contribution in [0.3, 0.4) is 0 Å². The van der Waals surface area contributed by atoms with E-state index in [0.29, 0.717) is 11.3 Å². The third-order valence-corrected chi connectivity index (χ3v) is 1.90. The van der Waals surface area contributed by atoms with Crippen LogP contribution in [0.2, 0.25) is 0 Å². The monoisotopic (exact) mass is 252 g/mol. The normalized spacial score (nSPS) is 9.17. The number of nitrogen functional groups attached to an aromatic ring is 1. The van der Waals surface area contributed by atoms with Gasteiger partial charge in [0.05, 0.1) is 5.56 Å². The van der Waals surface area contributed by atoms with E-state index in [2.05, 4.69) is 14.9 Å².